The Morgan fingerprint density at radius 3 is 2.71 bits per heavy atom. The molecule has 3 aromatic rings. The SMILES string of the molecule is Clc1ccc(OCCCSc2nc3ccccc3s2)cc1. The first-order chi connectivity index (χ1) is 10.3. The van der Waals surface area contributed by atoms with E-state index in [2.05, 4.69) is 23.2 Å². The van der Waals surface area contributed by atoms with E-state index in [0.29, 0.717) is 6.61 Å². The molecule has 0 amide bonds. The Hall–Kier alpha value is -1.23. The van der Waals surface area contributed by atoms with Gasteiger partial charge in [-0.3, -0.25) is 0 Å². The molecule has 0 aliphatic carbocycles. The molecule has 0 bridgehead atoms. The van der Waals surface area contributed by atoms with Gasteiger partial charge in [0.25, 0.3) is 0 Å². The monoisotopic (exact) mass is 335 g/mol. The molecule has 0 radical (unpaired) electrons. The zero-order valence-electron chi connectivity index (χ0n) is 11.3. The highest BCUT2D eigenvalue weighted by molar-refractivity contribution is 8.01. The van der Waals surface area contributed by atoms with Crippen LogP contribution >= 0.6 is 34.7 Å². The molecule has 0 unspecified atom stereocenters. The van der Waals surface area contributed by atoms with E-state index in [1.54, 1.807) is 23.1 Å². The topological polar surface area (TPSA) is 22.1 Å². The molecule has 5 heteroatoms. The van der Waals surface area contributed by atoms with E-state index >= 15 is 0 Å². The predicted octanol–water partition coefficient (Wildman–Crippen LogP) is 5.51. The second-order valence-corrected chi connectivity index (χ2v) is 7.26. The fraction of sp³-hybridized carbons (Fsp3) is 0.188. The summed E-state index contributed by atoms with van der Waals surface area (Å²) in [6.07, 6.45) is 0.989. The molecule has 3 rings (SSSR count). The molecule has 0 atom stereocenters. The van der Waals surface area contributed by atoms with Crippen molar-refractivity contribution in [2.75, 3.05) is 12.4 Å². The van der Waals surface area contributed by atoms with Crippen molar-refractivity contribution in [3.63, 3.8) is 0 Å². The summed E-state index contributed by atoms with van der Waals surface area (Å²) in [6, 6.07) is 15.7. The van der Waals surface area contributed by atoms with E-state index in [-0.39, 0.29) is 0 Å². The van der Waals surface area contributed by atoms with Crippen molar-refractivity contribution in [1.29, 1.82) is 0 Å². The van der Waals surface area contributed by atoms with Gasteiger partial charge in [-0.1, -0.05) is 35.5 Å². The van der Waals surface area contributed by atoms with Crippen LogP contribution in [0.3, 0.4) is 0 Å². The summed E-state index contributed by atoms with van der Waals surface area (Å²) in [6.45, 7) is 0.708. The van der Waals surface area contributed by atoms with Crippen LogP contribution in [-0.4, -0.2) is 17.3 Å². The second-order valence-electron chi connectivity index (χ2n) is 4.45. The molecule has 0 saturated carbocycles. The standard InChI is InChI=1S/C16H14ClNOS2/c17-12-6-8-13(9-7-12)19-10-3-11-20-16-18-14-4-1-2-5-15(14)21-16/h1-2,4-9H,3,10-11H2. The van der Waals surface area contributed by atoms with E-state index in [1.165, 1.54) is 4.70 Å². The Morgan fingerprint density at radius 2 is 1.90 bits per heavy atom. The molecule has 1 aromatic heterocycles. The van der Waals surface area contributed by atoms with E-state index in [1.807, 2.05) is 30.3 Å². The van der Waals surface area contributed by atoms with Crippen molar-refractivity contribution in [3.05, 3.63) is 53.6 Å². The van der Waals surface area contributed by atoms with Crippen LogP contribution < -0.4 is 4.74 Å². The van der Waals surface area contributed by atoms with Crippen LogP contribution in [0.2, 0.25) is 5.02 Å². The average Bonchev–Trinajstić information content (AvgIpc) is 2.91. The van der Waals surface area contributed by atoms with Gasteiger partial charge in [0.05, 0.1) is 16.8 Å². The smallest absolute Gasteiger partial charge is 0.151 e. The number of hydrogen-bond acceptors (Lipinski definition) is 4. The van der Waals surface area contributed by atoms with Gasteiger partial charge < -0.3 is 4.74 Å². The highest BCUT2D eigenvalue weighted by Crippen LogP contribution is 2.29. The minimum atomic E-state index is 0.708. The minimum Gasteiger partial charge on any atom is -0.494 e. The summed E-state index contributed by atoms with van der Waals surface area (Å²) in [5, 5.41) is 0.730. The summed E-state index contributed by atoms with van der Waals surface area (Å²) in [7, 11) is 0. The van der Waals surface area contributed by atoms with Crippen molar-refractivity contribution in [2.24, 2.45) is 0 Å². The maximum Gasteiger partial charge on any atom is 0.151 e. The predicted molar refractivity (Wildman–Crippen MR) is 91.9 cm³/mol. The van der Waals surface area contributed by atoms with Crippen molar-refractivity contribution in [3.8, 4) is 5.75 Å². The van der Waals surface area contributed by atoms with E-state index < -0.39 is 0 Å². The Labute approximate surface area is 137 Å². The first kappa shape index (κ1) is 14.7. The normalized spacial score (nSPS) is 10.9. The summed E-state index contributed by atoms with van der Waals surface area (Å²) in [5.74, 6) is 1.87. The highest BCUT2D eigenvalue weighted by Gasteiger charge is 2.03. The van der Waals surface area contributed by atoms with Gasteiger partial charge in [0.15, 0.2) is 4.34 Å². The van der Waals surface area contributed by atoms with E-state index in [4.69, 9.17) is 16.3 Å². The molecular formula is C16H14ClNOS2. The Kier molecular flexibility index (Phi) is 5.01. The number of benzene rings is 2. The van der Waals surface area contributed by atoms with Gasteiger partial charge >= 0.3 is 0 Å². The molecule has 0 saturated heterocycles. The summed E-state index contributed by atoms with van der Waals surface area (Å²) in [4.78, 5) is 4.60. The molecule has 0 fully saturated rings. The Morgan fingerprint density at radius 1 is 1.10 bits per heavy atom. The maximum absolute atomic E-state index is 5.83. The largest absolute Gasteiger partial charge is 0.494 e. The second kappa shape index (κ2) is 7.16. The van der Waals surface area contributed by atoms with Gasteiger partial charge in [-0.2, -0.15) is 0 Å². The third-order valence-corrected chi connectivity index (χ3v) is 5.39. The number of para-hydroxylation sites is 1. The zero-order valence-corrected chi connectivity index (χ0v) is 13.7. The number of rotatable bonds is 6. The van der Waals surface area contributed by atoms with E-state index in [0.717, 1.165) is 32.8 Å². The number of halogens is 1. The molecule has 1 heterocycles. The fourth-order valence-corrected chi connectivity index (χ4v) is 4.03. The number of thiazole rings is 1. The first-order valence-electron chi connectivity index (χ1n) is 6.68. The van der Waals surface area contributed by atoms with Crippen molar-refractivity contribution in [2.45, 2.75) is 10.8 Å². The molecule has 0 aliphatic heterocycles. The van der Waals surface area contributed by atoms with Crippen LogP contribution in [0.1, 0.15) is 6.42 Å². The fourth-order valence-electron chi connectivity index (χ4n) is 1.85. The summed E-state index contributed by atoms with van der Waals surface area (Å²) < 4.78 is 8.04. The van der Waals surface area contributed by atoms with Crippen LogP contribution in [0.4, 0.5) is 0 Å². The first-order valence-corrected chi connectivity index (χ1v) is 8.86. The molecular weight excluding hydrogens is 322 g/mol. The van der Waals surface area contributed by atoms with E-state index in [9.17, 15) is 0 Å². The summed E-state index contributed by atoms with van der Waals surface area (Å²) in [5.41, 5.74) is 1.09. The van der Waals surface area contributed by atoms with Crippen molar-refractivity contribution >= 4 is 44.9 Å². The molecule has 2 nitrogen and oxygen atoms in total. The highest BCUT2D eigenvalue weighted by atomic mass is 35.5. The van der Waals surface area contributed by atoms with Gasteiger partial charge in [-0.05, 0) is 42.8 Å². The number of fused-ring (bicyclic) bond motifs is 1. The van der Waals surface area contributed by atoms with Crippen LogP contribution in [-0.2, 0) is 0 Å². The van der Waals surface area contributed by atoms with Crippen LogP contribution in [0.25, 0.3) is 10.2 Å². The van der Waals surface area contributed by atoms with Gasteiger partial charge in [0.1, 0.15) is 5.75 Å². The Balaban J connectivity index is 1.42. The van der Waals surface area contributed by atoms with Gasteiger partial charge in [0, 0.05) is 10.8 Å². The number of ether oxygens (including phenoxy) is 1. The third-order valence-electron chi connectivity index (χ3n) is 2.87. The van der Waals surface area contributed by atoms with Gasteiger partial charge in [0.2, 0.25) is 0 Å². The van der Waals surface area contributed by atoms with Crippen molar-refractivity contribution in [1.82, 2.24) is 4.98 Å². The van der Waals surface area contributed by atoms with Gasteiger partial charge in [-0.25, -0.2) is 4.98 Å². The average molecular weight is 336 g/mol. The van der Waals surface area contributed by atoms with Gasteiger partial charge in [-0.15, -0.1) is 11.3 Å². The lowest BCUT2D eigenvalue weighted by Crippen LogP contribution is -1.98. The lowest BCUT2D eigenvalue weighted by molar-refractivity contribution is 0.319. The lowest BCUT2D eigenvalue weighted by atomic mass is 10.3. The quantitative estimate of drug-likeness (QED) is 0.438. The molecule has 0 N–H and O–H groups in total. The summed E-state index contributed by atoms with van der Waals surface area (Å²) >= 11 is 9.37. The van der Waals surface area contributed by atoms with Crippen LogP contribution in [0.15, 0.2) is 52.9 Å². The molecule has 108 valence electrons. The zero-order chi connectivity index (χ0) is 14.5. The number of nitrogens with zero attached hydrogens (tertiary/aromatic N) is 1. The number of thioether (sulfide) groups is 1. The van der Waals surface area contributed by atoms with Crippen LogP contribution in [0, 0.1) is 0 Å². The lowest BCUT2D eigenvalue weighted by Gasteiger charge is -2.05. The van der Waals surface area contributed by atoms with Crippen LogP contribution in [0.5, 0.6) is 5.75 Å². The number of aromatic nitrogens is 1. The molecule has 2 aromatic carbocycles. The molecule has 0 aliphatic rings. The Bertz CT molecular complexity index is 679. The maximum atomic E-state index is 5.83. The number of hydrogen-bond donors (Lipinski definition) is 0. The van der Waals surface area contributed by atoms with Crippen molar-refractivity contribution < 1.29 is 4.74 Å². The minimum absolute atomic E-state index is 0.708. The molecule has 21 heavy (non-hydrogen) atoms. The molecule has 0 spiro atoms. The third kappa shape index (κ3) is 4.13.